The lowest BCUT2D eigenvalue weighted by atomic mass is 9.83. The first-order valence-electron chi connectivity index (χ1n) is 11.3. The number of rotatable bonds is 6. The lowest BCUT2D eigenvalue weighted by Gasteiger charge is -2.38. The van der Waals surface area contributed by atoms with Crippen LogP contribution < -0.4 is 0 Å². The monoisotopic (exact) mass is 442 g/mol. The first-order valence-corrected chi connectivity index (χ1v) is 11.3. The Hall–Kier alpha value is -2.29. The highest BCUT2D eigenvalue weighted by Gasteiger charge is 2.44. The Morgan fingerprint density at radius 1 is 1.03 bits per heavy atom. The Kier molecular flexibility index (Phi) is 6.93. The number of carbonyl (C=O) groups is 1. The summed E-state index contributed by atoms with van der Waals surface area (Å²) >= 11 is 0. The molecule has 0 unspecified atom stereocenters. The van der Waals surface area contributed by atoms with Crippen molar-refractivity contribution in [2.75, 3.05) is 46.9 Å². The molecule has 0 saturated carbocycles. The summed E-state index contributed by atoms with van der Waals surface area (Å²) in [6.45, 7) is 11.8. The zero-order chi connectivity index (χ0) is 22.8. The van der Waals surface area contributed by atoms with Gasteiger partial charge in [0.05, 0.1) is 47.6 Å². The van der Waals surface area contributed by atoms with E-state index in [4.69, 9.17) is 19.2 Å². The maximum Gasteiger partial charge on any atom is 0.337 e. The number of hydrogen-bond donors (Lipinski definition) is 0. The van der Waals surface area contributed by atoms with E-state index in [-0.39, 0.29) is 24.1 Å². The number of aromatic nitrogens is 2. The Morgan fingerprint density at radius 2 is 1.69 bits per heavy atom. The number of aryl methyl sites for hydroxylation is 3. The average Bonchev–Trinajstić information content (AvgIpc) is 3.21. The summed E-state index contributed by atoms with van der Waals surface area (Å²) in [6, 6.07) is 0. The normalized spacial score (nSPS) is 26.2. The molecule has 1 saturated heterocycles. The molecule has 3 heterocycles. The number of hydrogen-bond acceptors (Lipinski definition) is 8. The number of piperazine rings is 1. The van der Waals surface area contributed by atoms with Crippen molar-refractivity contribution in [2.24, 2.45) is 11.8 Å². The molecular weight excluding hydrogens is 408 g/mol. The van der Waals surface area contributed by atoms with Crippen LogP contribution in [0.1, 0.15) is 29.2 Å². The van der Waals surface area contributed by atoms with Crippen LogP contribution in [0.2, 0.25) is 0 Å². The SMILES string of the molecule is COC(=O)C1=CO[C@@H](OC)[C@@H]2C(CN3CCN(Cc4nc(C)c(C)nc4C)CC3)=CC[C@H]12. The van der Waals surface area contributed by atoms with Crippen molar-refractivity contribution in [2.45, 2.75) is 40.0 Å². The number of esters is 1. The highest BCUT2D eigenvalue weighted by Crippen LogP contribution is 2.43. The zero-order valence-corrected chi connectivity index (χ0v) is 19.8. The lowest BCUT2D eigenvalue weighted by Crippen LogP contribution is -2.47. The predicted molar refractivity (Wildman–Crippen MR) is 120 cm³/mol. The molecule has 0 bridgehead atoms. The molecule has 8 heteroatoms. The Bertz CT molecular complexity index is 921. The number of nitrogens with zero attached hydrogens (tertiary/aromatic N) is 4. The van der Waals surface area contributed by atoms with Crippen LogP contribution in [0.5, 0.6) is 0 Å². The molecule has 1 aliphatic carbocycles. The highest BCUT2D eigenvalue weighted by molar-refractivity contribution is 5.89. The molecule has 0 amide bonds. The third-order valence-corrected chi connectivity index (χ3v) is 6.99. The van der Waals surface area contributed by atoms with E-state index in [0.717, 1.165) is 68.5 Å². The number of ether oxygens (including phenoxy) is 3. The van der Waals surface area contributed by atoms with E-state index in [1.807, 2.05) is 20.8 Å². The Morgan fingerprint density at radius 3 is 2.34 bits per heavy atom. The van der Waals surface area contributed by atoms with Crippen LogP contribution in [0.4, 0.5) is 0 Å². The summed E-state index contributed by atoms with van der Waals surface area (Å²) in [7, 11) is 3.07. The van der Waals surface area contributed by atoms with E-state index in [1.54, 1.807) is 7.11 Å². The molecule has 174 valence electrons. The van der Waals surface area contributed by atoms with Gasteiger partial charge in [-0.2, -0.15) is 0 Å². The quantitative estimate of drug-likeness (QED) is 0.490. The molecule has 0 spiro atoms. The summed E-state index contributed by atoms with van der Waals surface area (Å²) in [5, 5.41) is 0. The molecule has 1 aromatic rings. The fraction of sp³-hybridized carbons (Fsp3) is 0.625. The largest absolute Gasteiger partial charge is 0.471 e. The van der Waals surface area contributed by atoms with Gasteiger partial charge in [-0.1, -0.05) is 11.6 Å². The molecule has 0 aromatic carbocycles. The van der Waals surface area contributed by atoms with Gasteiger partial charge in [0.25, 0.3) is 0 Å². The van der Waals surface area contributed by atoms with Crippen LogP contribution in [0, 0.1) is 32.6 Å². The topological polar surface area (TPSA) is 77.0 Å². The maximum absolute atomic E-state index is 12.2. The molecule has 0 N–H and O–H groups in total. The molecule has 3 atom stereocenters. The van der Waals surface area contributed by atoms with E-state index < -0.39 is 0 Å². The van der Waals surface area contributed by atoms with Crippen LogP contribution in [0.25, 0.3) is 0 Å². The number of methoxy groups -OCH3 is 2. The first-order chi connectivity index (χ1) is 15.4. The van der Waals surface area contributed by atoms with Gasteiger partial charge >= 0.3 is 5.97 Å². The van der Waals surface area contributed by atoms with Gasteiger partial charge in [0.15, 0.2) is 0 Å². The second-order valence-electron chi connectivity index (χ2n) is 8.93. The molecule has 3 aliphatic rings. The fourth-order valence-corrected chi connectivity index (χ4v) is 4.99. The summed E-state index contributed by atoms with van der Waals surface area (Å²) in [5.74, 6) is -0.211. The van der Waals surface area contributed by atoms with Crippen LogP contribution in [-0.2, 0) is 25.5 Å². The number of fused-ring (bicyclic) bond motifs is 1. The van der Waals surface area contributed by atoms with Gasteiger partial charge in [0.2, 0.25) is 6.29 Å². The predicted octanol–water partition coefficient (Wildman–Crippen LogP) is 2.14. The van der Waals surface area contributed by atoms with Gasteiger partial charge in [-0.25, -0.2) is 4.79 Å². The van der Waals surface area contributed by atoms with Crippen molar-refractivity contribution < 1.29 is 19.0 Å². The van der Waals surface area contributed by atoms with Gasteiger partial charge in [0, 0.05) is 52.3 Å². The summed E-state index contributed by atoms with van der Waals surface area (Å²) in [5.41, 5.74) is 6.01. The minimum Gasteiger partial charge on any atom is -0.471 e. The van der Waals surface area contributed by atoms with Gasteiger partial charge < -0.3 is 14.2 Å². The smallest absolute Gasteiger partial charge is 0.337 e. The van der Waals surface area contributed by atoms with Crippen LogP contribution in [0.15, 0.2) is 23.5 Å². The van der Waals surface area contributed by atoms with Crippen molar-refractivity contribution in [1.29, 1.82) is 0 Å². The molecule has 4 rings (SSSR count). The fourth-order valence-electron chi connectivity index (χ4n) is 4.99. The van der Waals surface area contributed by atoms with Crippen molar-refractivity contribution in [1.82, 2.24) is 19.8 Å². The second-order valence-corrected chi connectivity index (χ2v) is 8.93. The molecule has 2 aliphatic heterocycles. The highest BCUT2D eigenvalue weighted by atomic mass is 16.7. The van der Waals surface area contributed by atoms with Gasteiger partial charge in [-0.15, -0.1) is 0 Å². The molecule has 8 nitrogen and oxygen atoms in total. The third-order valence-electron chi connectivity index (χ3n) is 6.99. The summed E-state index contributed by atoms with van der Waals surface area (Å²) < 4.78 is 16.3. The van der Waals surface area contributed by atoms with Crippen LogP contribution in [-0.4, -0.2) is 79.0 Å². The lowest BCUT2D eigenvalue weighted by molar-refractivity contribution is -0.146. The molecular formula is C24H34N4O4. The molecule has 32 heavy (non-hydrogen) atoms. The molecule has 0 radical (unpaired) electrons. The van der Waals surface area contributed by atoms with E-state index in [1.165, 1.54) is 18.9 Å². The van der Waals surface area contributed by atoms with Crippen molar-refractivity contribution >= 4 is 5.97 Å². The van der Waals surface area contributed by atoms with Crippen molar-refractivity contribution in [3.8, 4) is 0 Å². The third kappa shape index (κ3) is 4.58. The minimum atomic E-state index is -0.366. The van der Waals surface area contributed by atoms with E-state index >= 15 is 0 Å². The average molecular weight is 443 g/mol. The number of carbonyl (C=O) groups excluding carboxylic acids is 1. The van der Waals surface area contributed by atoms with Crippen LogP contribution in [0.3, 0.4) is 0 Å². The van der Waals surface area contributed by atoms with Crippen LogP contribution >= 0.6 is 0 Å². The molecule has 1 fully saturated rings. The summed E-state index contributed by atoms with van der Waals surface area (Å²) in [4.78, 5) is 26.5. The van der Waals surface area contributed by atoms with E-state index in [9.17, 15) is 4.79 Å². The maximum atomic E-state index is 12.2. The second kappa shape index (κ2) is 9.68. The minimum absolute atomic E-state index is 0.0468. The van der Waals surface area contributed by atoms with E-state index in [0.29, 0.717) is 5.57 Å². The van der Waals surface area contributed by atoms with Crippen molar-refractivity contribution in [3.63, 3.8) is 0 Å². The first kappa shape index (κ1) is 22.9. The van der Waals surface area contributed by atoms with Gasteiger partial charge in [0.1, 0.15) is 0 Å². The summed E-state index contributed by atoms with van der Waals surface area (Å²) in [6.07, 6.45) is 4.23. The van der Waals surface area contributed by atoms with Gasteiger partial charge in [-0.05, 0) is 27.2 Å². The Labute approximate surface area is 190 Å². The van der Waals surface area contributed by atoms with Crippen molar-refractivity contribution in [3.05, 3.63) is 46.3 Å². The number of allylic oxidation sites excluding steroid dienone is 1. The van der Waals surface area contributed by atoms with Gasteiger partial charge in [-0.3, -0.25) is 19.8 Å². The Balaban J connectivity index is 1.35. The zero-order valence-electron chi connectivity index (χ0n) is 19.8. The standard InChI is InChI=1S/C24H34N4O4/c1-15-16(2)26-21(17(3)25-15)13-28-10-8-27(9-11-28)12-18-6-7-19-20(23(29)30-4)14-32-24(31-5)22(18)19/h6,14,19,22,24H,7-13H2,1-5H3/t19-,22-,24-/m1/s1. The van der Waals surface area contributed by atoms with E-state index in [2.05, 4.69) is 20.9 Å². The molecule has 1 aromatic heterocycles.